The molecule has 0 radical (unpaired) electrons. The molecule has 1 heterocycles. The van der Waals surface area contributed by atoms with Crippen molar-refractivity contribution in [3.8, 4) is 11.5 Å². The Balaban J connectivity index is 1.23. The molecule has 2 amide bonds. The zero-order valence-electron chi connectivity index (χ0n) is 17.7. The molecule has 0 aliphatic carbocycles. The third-order valence-electron chi connectivity index (χ3n) is 4.46. The van der Waals surface area contributed by atoms with E-state index in [4.69, 9.17) is 9.47 Å². The number of hydrogen-bond donors (Lipinski definition) is 2. The van der Waals surface area contributed by atoms with Gasteiger partial charge < -0.3 is 20.1 Å². The highest BCUT2D eigenvalue weighted by Crippen LogP contribution is 2.29. The van der Waals surface area contributed by atoms with Crippen LogP contribution in [0.3, 0.4) is 0 Å². The number of thiazole rings is 1. The Morgan fingerprint density at radius 3 is 2.48 bits per heavy atom. The Bertz CT molecular complexity index is 1240. The molecule has 0 atom stereocenters. The van der Waals surface area contributed by atoms with E-state index in [1.54, 1.807) is 31.4 Å². The SMILES string of the molecule is COc1ccc2nc(NC(=O)CSc3ccc(NC(=O)COc4ccccc4)cc3)sc2c1. The van der Waals surface area contributed by atoms with E-state index in [2.05, 4.69) is 15.6 Å². The first-order chi connectivity index (χ1) is 16.1. The lowest BCUT2D eigenvalue weighted by atomic mass is 10.3. The van der Waals surface area contributed by atoms with Crippen molar-refractivity contribution in [2.45, 2.75) is 4.90 Å². The van der Waals surface area contributed by atoms with Gasteiger partial charge in [-0.15, -0.1) is 11.8 Å². The molecule has 4 rings (SSSR count). The number of rotatable bonds is 9. The predicted molar refractivity (Wildman–Crippen MR) is 133 cm³/mol. The van der Waals surface area contributed by atoms with E-state index in [9.17, 15) is 9.59 Å². The van der Waals surface area contributed by atoms with Gasteiger partial charge in [0, 0.05) is 10.6 Å². The number of methoxy groups -OCH3 is 1. The van der Waals surface area contributed by atoms with Crippen LogP contribution in [0, 0.1) is 0 Å². The summed E-state index contributed by atoms with van der Waals surface area (Å²) in [7, 11) is 1.61. The number of carbonyl (C=O) groups excluding carboxylic acids is 2. The molecule has 0 bridgehead atoms. The molecule has 0 spiro atoms. The topological polar surface area (TPSA) is 89.5 Å². The lowest BCUT2D eigenvalue weighted by molar-refractivity contribution is -0.118. The average molecular weight is 480 g/mol. The quantitative estimate of drug-likeness (QED) is 0.327. The van der Waals surface area contributed by atoms with E-state index >= 15 is 0 Å². The number of fused-ring (bicyclic) bond motifs is 1. The Hall–Kier alpha value is -3.56. The lowest BCUT2D eigenvalue weighted by Gasteiger charge is -2.08. The smallest absolute Gasteiger partial charge is 0.262 e. The fraction of sp³-hybridized carbons (Fsp3) is 0.125. The summed E-state index contributed by atoms with van der Waals surface area (Å²) >= 11 is 2.81. The van der Waals surface area contributed by atoms with Gasteiger partial charge in [0.15, 0.2) is 11.7 Å². The molecule has 0 aliphatic heterocycles. The highest BCUT2D eigenvalue weighted by atomic mass is 32.2. The number of thioether (sulfide) groups is 1. The average Bonchev–Trinajstić information content (AvgIpc) is 3.24. The van der Waals surface area contributed by atoms with Gasteiger partial charge in [0.05, 0.1) is 23.1 Å². The van der Waals surface area contributed by atoms with Crippen LogP contribution in [0.25, 0.3) is 10.2 Å². The highest BCUT2D eigenvalue weighted by molar-refractivity contribution is 8.00. The van der Waals surface area contributed by atoms with Crippen molar-refractivity contribution in [2.24, 2.45) is 0 Å². The largest absolute Gasteiger partial charge is 0.497 e. The molecule has 0 saturated carbocycles. The van der Waals surface area contributed by atoms with Gasteiger partial charge in [-0.1, -0.05) is 29.5 Å². The van der Waals surface area contributed by atoms with E-state index in [1.807, 2.05) is 48.5 Å². The fourth-order valence-corrected chi connectivity index (χ4v) is 4.50. The van der Waals surface area contributed by atoms with Gasteiger partial charge in [-0.25, -0.2) is 4.98 Å². The molecule has 0 aliphatic rings. The first kappa shape index (κ1) is 22.6. The number of amides is 2. The molecule has 3 aromatic carbocycles. The number of para-hydroxylation sites is 1. The Morgan fingerprint density at radius 1 is 0.939 bits per heavy atom. The van der Waals surface area contributed by atoms with Gasteiger partial charge in [-0.2, -0.15) is 0 Å². The van der Waals surface area contributed by atoms with Crippen molar-refractivity contribution >= 4 is 55.9 Å². The van der Waals surface area contributed by atoms with Crippen LogP contribution in [-0.2, 0) is 9.59 Å². The molecule has 33 heavy (non-hydrogen) atoms. The van der Waals surface area contributed by atoms with Crippen LogP contribution >= 0.6 is 23.1 Å². The number of carbonyl (C=O) groups is 2. The summed E-state index contributed by atoms with van der Waals surface area (Å²) < 4.78 is 11.6. The van der Waals surface area contributed by atoms with E-state index in [-0.39, 0.29) is 24.2 Å². The standard InChI is InChI=1S/C24H21N3O4S2/c1-30-18-9-12-20-21(13-18)33-24(26-20)27-23(29)15-32-19-10-7-16(8-11-19)25-22(28)14-31-17-5-3-2-4-6-17/h2-13H,14-15H2,1H3,(H,25,28)(H,26,27,29). The molecule has 7 nitrogen and oxygen atoms in total. The zero-order valence-corrected chi connectivity index (χ0v) is 19.4. The molecular formula is C24H21N3O4S2. The van der Waals surface area contributed by atoms with E-state index in [1.165, 1.54) is 23.1 Å². The monoisotopic (exact) mass is 479 g/mol. The lowest BCUT2D eigenvalue weighted by Crippen LogP contribution is -2.20. The van der Waals surface area contributed by atoms with Gasteiger partial charge in [0.2, 0.25) is 5.91 Å². The maximum atomic E-state index is 12.3. The van der Waals surface area contributed by atoms with Crippen molar-refractivity contribution in [1.82, 2.24) is 4.98 Å². The normalized spacial score (nSPS) is 10.6. The van der Waals surface area contributed by atoms with Crippen molar-refractivity contribution in [3.05, 3.63) is 72.8 Å². The minimum Gasteiger partial charge on any atom is -0.497 e. The number of ether oxygens (including phenoxy) is 2. The molecule has 2 N–H and O–H groups in total. The molecule has 0 saturated heterocycles. The maximum absolute atomic E-state index is 12.3. The number of hydrogen-bond acceptors (Lipinski definition) is 7. The maximum Gasteiger partial charge on any atom is 0.262 e. The summed E-state index contributed by atoms with van der Waals surface area (Å²) in [5.41, 5.74) is 1.48. The van der Waals surface area contributed by atoms with Crippen molar-refractivity contribution in [1.29, 1.82) is 0 Å². The molecule has 0 fully saturated rings. The molecule has 9 heteroatoms. The van der Waals surface area contributed by atoms with E-state index in [0.717, 1.165) is 20.9 Å². The van der Waals surface area contributed by atoms with E-state index < -0.39 is 0 Å². The first-order valence-corrected chi connectivity index (χ1v) is 11.8. The summed E-state index contributed by atoms with van der Waals surface area (Å²) in [5, 5.41) is 6.18. The van der Waals surface area contributed by atoms with Crippen LogP contribution in [-0.4, -0.2) is 36.3 Å². The minimum atomic E-state index is -0.243. The fourth-order valence-electron chi connectivity index (χ4n) is 2.89. The summed E-state index contributed by atoms with van der Waals surface area (Å²) in [4.78, 5) is 29.7. The Labute approximate surface area is 199 Å². The Morgan fingerprint density at radius 2 is 1.73 bits per heavy atom. The Kier molecular flexibility index (Phi) is 7.43. The summed E-state index contributed by atoms with van der Waals surface area (Å²) in [6.45, 7) is -0.0702. The van der Waals surface area contributed by atoms with E-state index in [0.29, 0.717) is 16.6 Å². The second kappa shape index (κ2) is 10.8. The number of anilines is 2. The summed E-state index contributed by atoms with van der Waals surface area (Å²) in [6, 6.07) is 22.1. The first-order valence-electron chi connectivity index (χ1n) is 10.0. The van der Waals surface area contributed by atoms with Gasteiger partial charge in [-0.05, 0) is 54.6 Å². The molecule has 0 unspecified atom stereocenters. The minimum absolute atomic E-state index is 0.0702. The molecule has 168 valence electrons. The van der Waals surface area contributed by atoms with Gasteiger partial charge in [-0.3, -0.25) is 9.59 Å². The van der Waals surface area contributed by atoms with Gasteiger partial charge in [0.1, 0.15) is 11.5 Å². The van der Waals surface area contributed by atoms with Crippen LogP contribution < -0.4 is 20.1 Å². The van der Waals surface area contributed by atoms with Crippen LogP contribution in [0.15, 0.2) is 77.7 Å². The molecular weight excluding hydrogens is 458 g/mol. The third-order valence-corrected chi connectivity index (χ3v) is 6.41. The number of nitrogens with one attached hydrogen (secondary N) is 2. The van der Waals surface area contributed by atoms with Gasteiger partial charge >= 0.3 is 0 Å². The second-order valence-corrected chi connectivity index (χ2v) is 8.94. The van der Waals surface area contributed by atoms with Crippen LogP contribution in [0.2, 0.25) is 0 Å². The predicted octanol–water partition coefficient (Wildman–Crippen LogP) is 5.05. The third kappa shape index (κ3) is 6.47. The summed E-state index contributed by atoms with van der Waals surface area (Å²) in [5.74, 6) is 1.26. The number of nitrogens with zero attached hydrogens (tertiary/aromatic N) is 1. The second-order valence-electron chi connectivity index (χ2n) is 6.86. The van der Waals surface area contributed by atoms with Crippen LogP contribution in [0.1, 0.15) is 0 Å². The van der Waals surface area contributed by atoms with Crippen LogP contribution in [0.4, 0.5) is 10.8 Å². The van der Waals surface area contributed by atoms with Gasteiger partial charge in [0.25, 0.3) is 5.91 Å². The van der Waals surface area contributed by atoms with Crippen molar-refractivity contribution in [2.75, 3.05) is 30.1 Å². The summed E-state index contributed by atoms with van der Waals surface area (Å²) in [6.07, 6.45) is 0. The van der Waals surface area contributed by atoms with Crippen molar-refractivity contribution in [3.63, 3.8) is 0 Å². The zero-order chi connectivity index (χ0) is 23.0. The number of aromatic nitrogens is 1. The highest BCUT2D eigenvalue weighted by Gasteiger charge is 2.10. The van der Waals surface area contributed by atoms with Crippen LogP contribution in [0.5, 0.6) is 11.5 Å². The molecule has 1 aromatic heterocycles. The van der Waals surface area contributed by atoms with Crippen molar-refractivity contribution < 1.29 is 19.1 Å². The molecule has 4 aromatic rings. The number of benzene rings is 3.